The first kappa shape index (κ1) is 20.0. The van der Waals surface area contributed by atoms with E-state index >= 15 is 0 Å². The van der Waals surface area contributed by atoms with Crippen molar-refractivity contribution >= 4 is 31.6 Å². The molecule has 27 heavy (non-hydrogen) atoms. The minimum atomic E-state index is -4.82. The zero-order valence-electron chi connectivity index (χ0n) is 13.9. The molecule has 1 N–H and O–H groups in total. The minimum absolute atomic E-state index is 0.113. The first-order valence-corrected chi connectivity index (χ1v) is 10.3. The second-order valence-corrected chi connectivity index (χ2v) is 8.68. The van der Waals surface area contributed by atoms with E-state index < -0.39 is 22.1 Å². The maximum atomic E-state index is 12.5. The highest BCUT2D eigenvalue weighted by Crippen LogP contribution is 2.26. The number of sulfonamides is 1. The van der Waals surface area contributed by atoms with Crippen LogP contribution >= 0.6 is 15.9 Å². The largest absolute Gasteiger partial charge is 0.573 e. The van der Waals surface area contributed by atoms with E-state index in [1.54, 1.807) is 0 Å². The molecule has 1 saturated heterocycles. The molecule has 1 fully saturated rings. The number of anilines is 1. The van der Waals surface area contributed by atoms with Crippen molar-refractivity contribution in [2.45, 2.75) is 23.7 Å². The van der Waals surface area contributed by atoms with Gasteiger partial charge in [-0.2, -0.15) is 0 Å². The highest BCUT2D eigenvalue weighted by atomic mass is 79.9. The van der Waals surface area contributed by atoms with Gasteiger partial charge in [0.1, 0.15) is 5.75 Å². The third kappa shape index (κ3) is 5.36. The summed E-state index contributed by atoms with van der Waals surface area (Å²) in [5.41, 5.74) is 0.986. The minimum Gasteiger partial charge on any atom is -0.406 e. The molecule has 2 aromatic carbocycles. The van der Waals surface area contributed by atoms with Crippen LogP contribution in [0, 0.1) is 0 Å². The summed E-state index contributed by atoms with van der Waals surface area (Å²) in [5, 5.41) is 0. The lowest BCUT2D eigenvalue weighted by Gasteiger charge is -2.19. The molecule has 1 atom stereocenters. The fourth-order valence-corrected chi connectivity index (χ4v) is 4.52. The zero-order chi connectivity index (χ0) is 19.7. The van der Waals surface area contributed by atoms with E-state index in [1.807, 2.05) is 24.3 Å². The van der Waals surface area contributed by atoms with Crippen LogP contribution in [0.15, 0.2) is 57.9 Å². The molecule has 1 aliphatic heterocycles. The van der Waals surface area contributed by atoms with E-state index in [-0.39, 0.29) is 10.9 Å². The first-order chi connectivity index (χ1) is 12.6. The summed E-state index contributed by atoms with van der Waals surface area (Å²) >= 11 is 3.41. The van der Waals surface area contributed by atoms with Crippen LogP contribution in [-0.4, -0.2) is 33.9 Å². The highest BCUT2D eigenvalue weighted by Gasteiger charge is 2.31. The molecule has 0 aromatic heterocycles. The normalized spacial score (nSPS) is 17.9. The summed E-state index contributed by atoms with van der Waals surface area (Å²) < 4.78 is 68.8. The Labute approximate surface area is 163 Å². The van der Waals surface area contributed by atoms with E-state index in [0.29, 0.717) is 19.5 Å². The number of nitrogens with one attached hydrogen (secondary N) is 1. The van der Waals surface area contributed by atoms with E-state index in [4.69, 9.17) is 0 Å². The van der Waals surface area contributed by atoms with Gasteiger partial charge in [0.2, 0.25) is 10.0 Å². The zero-order valence-corrected chi connectivity index (χ0v) is 16.3. The van der Waals surface area contributed by atoms with Crippen molar-refractivity contribution in [2.24, 2.45) is 0 Å². The van der Waals surface area contributed by atoms with Crippen molar-refractivity contribution in [3.8, 4) is 5.75 Å². The molecule has 2 aromatic rings. The highest BCUT2D eigenvalue weighted by molar-refractivity contribution is 9.10. The standard InChI is InChI=1S/C17H16BrF3N2O3S/c18-12-2-1-3-14(10-12)23-9-8-13(11-23)22-27(24,25)16-6-4-15(5-7-16)26-17(19,20)21/h1-7,10,13,22H,8-9,11H2. The summed E-state index contributed by atoms with van der Waals surface area (Å²) in [6.07, 6.45) is -4.20. The molecule has 0 saturated carbocycles. The Balaban J connectivity index is 1.65. The Kier molecular flexibility index (Phi) is 5.68. The molecule has 1 heterocycles. The summed E-state index contributed by atoms with van der Waals surface area (Å²) in [6, 6.07) is 11.6. The number of hydrogen-bond donors (Lipinski definition) is 1. The van der Waals surface area contributed by atoms with E-state index in [2.05, 4.69) is 30.3 Å². The number of halogens is 4. The van der Waals surface area contributed by atoms with Gasteiger partial charge in [0.15, 0.2) is 0 Å². The van der Waals surface area contributed by atoms with Crippen molar-refractivity contribution in [1.82, 2.24) is 4.72 Å². The average molecular weight is 465 g/mol. The maximum absolute atomic E-state index is 12.5. The van der Waals surface area contributed by atoms with Gasteiger partial charge in [-0.15, -0.1) is 13.2 Å². The summed E-state index contributed by atoms with van der Waals surface area (Å²) in [6.45, 7) is 1.20. The van der Waals surface area contributed by atoms with Crippen LogP contribution < -0.4 is 14.4 Å². The Morgan fingerprint density at radius 3 is 2.48 bits per heavy atom. The predicted octanol–water partition coefficient (Wildman–Crippen LogP) is 3.90. The van der Waals surface area contributed by atoms with Crippen molar-refractivity contribution in [3.05, 3.63) is 53.0 Å². The smallest absolute Gasteiger partial charge is 0.406 e. The van der Waals surface area contributed by atoms with E-state index in [1.165, 1.54) is 0 Å². The molecule has 0 amide bonds. The molecule has 1 aliphatic rings. The Bertz CT molecular complexity index is 904. The number of rotatable bonds is 5. The number of hydrogen-bond acceptors (Lipinski definition) is 4. The lowest BCUT2D eigenvalue weighted by molar-refractivity contribution is -0.274. The topological polar surface area (TPSA) is 58.6 Å². The lowest BCUT2D eigenvalue weighted by Crippen LogP contribution is -2.37. The van der Waals surface area contributed by atoms with Crippen molar-refractivity contribution < 1.29 is 26.3 Å². The van der Waals surface area contributed by atoms with Gasteiger partial charge in [0.05, 0.1) is 4.90 Å². The average Bonchev–Trinajstić information content (AvgIpc) is 3.01. The molecular formula is C17H16BrF3N2O3S. The number of benzene rings is 2. The summed E-state index contributed by atoms with van der Waals surface area (Å²) in [7, 11) is -3.84. The Morgan fingerprint density at radius 1 is 1.15 bits per heavy atom. The summed E-state index contributed by atoms with van der Waals surface area (Å²) in [4.78, 5) is 1.95. The molecule has 0 bridgehead atoms. The number of ether oxygens (including phenoxy) is 1. The molecule has 3 rings (SSSR count). The number of nitrogens with zero attached hydrogens (tertiary/aromatic N) is 1. The summed E-state index contributed by atoms with van der Waals surface area (Å²) in [5.74, 6) is -0.469. The molecule has 10 heteroatoms. The van der Waals surface area contributed by atoms with Gasteiger partial charge >= 0.3 is 6.36 Å². The van der Waals surface area contributed by atoms with Gasteiger partial charge < -0.3 is 9.64 Å². The SMILES string of the molecule is O=S(=O)(NC1CCN(c2cccc(Br)c2)C1)c1ccc(OC(F)(F)F)cc1. The van der Waals surface area contributed by atoms with Crippen molar-refractivity contribution in [1.29, 1.82) is 0 Å². The number of alkyl halides is 3. The lowest BCUT2D eigenvalue weighted by atomic mass is 10.3. The van der Waals surface area contributed by atoms with Crippen LogP contribution in [0.25, 0.3) is 0 Å². The van der Waals surface area contributed by atoms with Gasteiger partial charge in [0, 0.05) is 29.3 Å². The molecular weight excluding hydrogens is 449 g/mol. The van der Waals surface area contributed by atoms with Gasteiger partial charge in [-0.1, -0.05) is 22.0 Å². The predicted molar refractivity (Wildman–Crippen MR) is 98.2 cm³/mol. The van der Waals surface area contributed by atoms with Crippen molar-refractivity contribution in [2.75, 3.05) is 18.0 Å². The van der Waals surface area contributed by atoms with Crippen LogP contribution in [0.2, 0.25) is 0 Å². The Morgan fingerprint density at radius 2 is 1.85 bits per heavy atom. The van der Waals surface area contributed by atoms with Gasteiger partial charge in [0.25, 0.3) is 0 Å². The third-order valence-electron chi connectivity index (χ3n) is 4.05. The third-order valence-corrected chi connectivity index (χ3v) is 6.08. The van der Waals surface area contributed by atoms with Crippen LogP contribution in [0.1, 0.15) is 6.42 Å². The van der Waals surface area contributed by atoms with Gasteiger partial charge in [-0.25, -0.2) is 13.1 Å². The Hall–Kier alpha value is -1.78. The van der Waals surface area contributed by atoms with Gasteiger partial charge in [-0.05, 0) is 48.9 Å². The van der Waals surface area contributed by atoms with Gasteiger partial charge in [-0.3, -0.25) is 0 Å². The molecule has 1 unspecified atom stereocenters. The van der Waals surface area contributed by atoms with Crippen LogP contribution in [0.3, 0.4) is 0 Å². The molecule has 5 nitrogen and oxygen atoms in total. The van der Waals surface area contributed by atoms with Crippen LogP contribution in [0.4, 0.5) is 18.9 Å². The van der Waals surface area contributed by atoms with E-state index in [0.717, 1.165) is 34.4 Å². The first-order valence-electron chi connectivity index (χ1n) is 8.01. The second-order valence-electron chi connectivity index (χ2n) is 6.05. The van der Waals surface area contributed by atoms with Crippen LogP contribution in [0.5, 0.6) is 5.75 Å². The van der Waals surface area contributed by atoms with Crippen molar-refractivity contribution in [3.63, 3.8) is 0 Å². The maximum Gasteiger partial charge on any atom is 0.573 e. The molecule has 146 valence electrons. The molecule has 0 radical (unpaired) electrons. The fourth-order valence-electron chi connectivity index (χ4n) is 2.87. The molecule has 0 aliphatic carbocycles. The van der Waals surface area contributed by atoms with Crippen LogP contribution in [-0.2, 0) is 10.0 Å². The quantitative estimate of drug-likeness (QED) is 0.728. The monoisotopic (exact) mass is 464 g/mol. The molecule has 0 spiro atoms. The van der Waals surface area contributed by atoms with E-state index in [9.17, 15) is 21.6 Å². The fraction of sp³-hybridized carbons (Fsp3) is 0.294. The second kappa shape index (κ2) is 7.69.